The van der Waals surface area contributed by atoms with Crippen molar-refractivity contribution in [2.24, 2.45) is 16.8 Å². The highest BCUT2D eigenvalue weighted by Crippen LogP contribution is 2.29. The standard InChI is InChI=1S/C9H11N5O3S/c10-12-8(15)5-14-9(13-11)6-3-1-2-4-7(6)18(14,16)17/h1-4H,5,10-11H2,(H,12,15)/b13-9+. The number of nitrogens with two attached hydrogens (primary N) is 2. The molecule has 0 radical (unpaired) electrons. The number of carbonyl (C=O) groups is 1. The Bertz CT molecular complexity index is 625. The Labute approximate surface area is 103 Å². The molecule has 0 atom stereocenters. The smallest absolute Gasteiger partial charge is 0.266 e. The van der Waals surface area contributed by atoms with Crippen molar-refractivity contribution in [2.75, 3.05) is 6.54 Å². The zero-order chi connectivity index (χ0) is 13.3. The number of hydrazine groups is 1. The van der Waals surface area contributed by atoms with Gasteiger partial charge in [-0.1, -0.05) is 12.1 Å². The number of carbonyl (C=O) groups excluding carboxylic acids is 1. The lowest BCUT2D eigenvalue weighted by molar-refractivity contribution is -0.120. The molecule has 1 aliphatic rings. The second kappa shape index (κ2) is 4.27. The van der Waals surface area contributed by atoms with Crippen LogP contribution in [0.2, 0.25) is 0 Å². The molecule has 0 fully saturated rings. The quantitative estimate of drug-likeness (QED) is 0.334. The summed E-state index contributed by atoms with van der Waals surface area (Å²) in [7, 11) is -3.81. The number of fused-ring (bicyclic) bond motifs is 1. The highest BCUT2D eigenvalue weighted by molar-refractivity contribution is 7.90. The predicted octanol–water partition coefficient (Wildman–Crippen LogP) is -1.70. The minimum absolute atomic E-state index is 0.0224. The maximum absolute atomic E-state index is 12.2. The molecule has 1 heterocycles. The SMILES string of the molecule is N/N=C1\c2ccccc2S(=O)(=O)N1CC(=O)NN. The summed E-state index contributed by atoms with van der Waals surface area (Å²) in [6.07, 6.45) is 0. The van der Waals surface area contributed by atoms with E-state index in [1.165, 1.54) is 6.07 Å². The molecule has 1 aromatic carbocycles. The van der Waals surface area contributed by atoms with E-state index in [2.05, 4.69) is 5.10 Å². The number of hydrogen-bond donors (Lipinski definition) is 3. The Morgan fingerprint density at radius 3 is 2.67 bits per heavy atom. The van der Waals surface area contributed by atoms with Crippen molar-refractivity contribution in [1.82, 2.24) is 9.73 Å². The van der Waals surface area contributed by atoms with Crippen LogP contribution in [-0.2, 0) is 14.8 Å². The highest BCUT2D eigenvalue weighted by Gasteiger charge is 2.40. The van der Waals surface area contributed by atoms with Crippen LogP contribution in [0.4, 0.5) is 0 Å². The number of hydrogen-bond acceptors (Lipinski definition) is 6. The topological polar surface area (TPSA) is 131 Å². The Hall–Kier alpha value is -2.13. The number of benzene rings is 1. The van der Waals surface area contributed by atoms with Crippen LogP contribution in [0.25, 0.3) is 0 Å². The van der Waals surface area contributed by atoms with Crippen LogP contribution in [0.1, 0.15) is 5.56 Å². The van der Waals surface area contributed by atoms with E-state index in [0.717, 1.165) is 4.31 Å². The Morgan fingerprint density at radius 1 is 1.39 bits per heavy atom. The van der Waals surface area contributed by atoms with Gasteiger partial charge in [-0.05, 0) is 12.1 Å². The van der Waals surface area contributed by atoms with E-state index in [-0.39, 0.29) is 10.7 Å². The second-order valence-electron chi connectivity index (χ2n) is 3.53. The summed E-state index contributed by atoms with van der Waals surface area (Å²) < 4.78 is 25.2. The molecule has 1 aromatic rings. The lowest BCUT2D eigenvalue weighted by atomic mass is 10.2. The minimum atomic E-state index is -3.81. The molecule has 8 nitrogen and oxygen atoms in total. The van der Waals surface area contributed by atoms with E-state index in [1.54, 1.807) is 18.2 Å². The van der Waals surface area contributed by atoms with Crippen molar-refractivity contribution >= 4 is 21.8 Å². The normalized spacial score (nSPS) is 18.7. The fourth-order valence-corrected chi connectivity index (χ4v) is 3.30. The van der Waals surface area contributed by atoms with Crippen LogP contribution in [0.15, 0.2) is 34.3 Å². The first-order chi connectivity index (χ1) is 8.52. The van der Waals surface area contributed by atoms with Gasteiger partial charge >= 0.3 is 0 Å². The summed E-state index contributed by atoms with van der Waals surface area (Å²) >= 11 is 0. The Balaban J connectivity index is 2.55. The zero-order valence-electron chi connectivity index (χ0n) is 9.20. The monoisotopic (exact) mass is 269 g/mol. The summed E-state index contributed by atoms with van der Waals surface area (Å²) in [5.74, 6) is 9.50. The third-order valence-corrected chi connectivity index (χ3v) is 4.30. The largest absolute Gasteiger partial charge is 0.321 e. The van der Waals surface area contributed by atoms with Gasteiger partial charge in [0.1, 0.15) is 6.54 Å². The van der Waals surface area contributed by atoms with E-state index in [4.69, 9.17) is 11.7 Å². The van der Waals surface area contributed by atoms with Crippen molar-refractivity contribution in [3.8, 4) is 0 Å². The lowest BCUT2D eigenvalue weighted by Gasteiger charge is -2.15. The van der Waals surface area contributed by atoms with Gasteiger partial charge in [-0.2, -0.15) is 5.10 Å². The van der Waals surface area contributed by atoms with Gasteiger partial charge < -0.3 is 5.84 Å². The van der Waals surface area contributed by atoms with Gasteiger partial charge in [0, 0.05) is 5.56 Å². The maximum Gasteiger partial charge on any atom is 0.266 e. The van der Waals surface area contributed by atoms with Crippen LogP contribution in [0.5, 0.6) is 0 Å². The van der Waals surface area contributed by atoms with Crippen molar-refractivity contribution in [3.05, 3.63) is 29.8 Å². The molecule has 0 saturated carbocycles. The average Bonchev–Trinajstić information content (AvgIpc) is 2.58. The Kier molecular flexibility index (Phi) is 2.93. The van der Waals surface area contributed by atoms with E-state index in [9.17, 15) is 13.2 Å². The van der Waals surface area contributed by atoms with Gasteiger partial charge in [-0.25, -0.2) is 18.6 Å². The molecule has 18 heavy (non-hydrogen) atoms. The summed E-state index contributed by atoms with van der Waals surface area (Å²) in [6, 6.07) is 6.23. The van der Waals surface area contributed by atoms with E-state index < -0.39 is 22.5 Å². The highest BCUT2D eigenvalue weighted by atomic mass is 32.2. The number of hydrazone groups is 1. The number of amides is 1. The second-order valence-corrected chi connectivity index (χ2v) is 5.36. The molecule has 1 aliphatic heterocycles. The summed E-state index contributed by atoms with van der Waals surface area (Å²) in [4.78, 5) is 11.3. The summed E-state index contributed by atoms with van der Waals surface area (Å²) in [6.45, 7) is -0.469. The molecular formula is C9H11N5O3S. The number of nitrogens with zero attached hydrogens (tertiary/aromatic N) is 2. The van der Waals surface area contributed by atoms with Gasteiger partial charge in [0.05, 0.1) is 4.90 Å². The van der Waals surface area contributed by atoms with Crippen molar-refractivity contribution in [2.45, 2.75) is 4.90 Å². The molecule has 9 heteroatoms. The van der Waals surface area contributed by atoms with Gasteiger partial charge in [-0.15, -0.1) is 0 Å². The minimum Gasteiger partial charge on any atom is -0.321 e. The first kappa shape index (κ1) is 12.3. The number of rotatable bonds is 2. The first-order valence-corrected chi connectivity index (χ1v) is 6.36. The number of nitrogens with one attached hydrogen (secondary N) is 1. The molecule has 0 bridgehead atoms. The van der Waals surface area contributed by atoms with E-state index in [1.807, 2.05) is 5.43 Å². The fourth-order valence-electron chi connectivity index (χ4n) is 1.71. The van der Waals surface area contributed by atoms with Crippen LogP contribution in [0, 0.1) is 0 Å². The van der Waals surface area contributed by atoms with Crippen molar-refractivity contribution in [3.63, 3.8) is 0 Å². The van der Waals surface area contributed by atoms with Gasteiger partial charge in [0.2, 0.25) is 0 Å². The molecule has 0 saturated heterocycles. The molecule has 2 rings (SSSR count). The van der Waals surface area contributed by atoms with Crippen LogP contribution >= 0.6 is 0 Å². The number of sulfonamides is 1. The van der Waals surface area contributed by atoms with Crippen LogP contribution in [-0.4, -0.2) is 31.0 Å². The average molecular weight is 269 g/mol. The predicted molar refractivity (Wildman–Crippen MR) is 63.4 cm³/mol. The Morgan fingerprint density at radius 2 is 2.06 bits per heavy atom. The van der Waals surface area contributed by atoms with Crippen LogP contribution in [0.3, 0.4) is 0 Å². The van der Waals surface area contributed by atoms with Crippen molar-refractivity contribution < 1.29 is 13.2 Å². The molecule has 0 aromatic heterocycles. The van der Waals surface area contributed by atoms with Gasteiger partial charge in [-0.3, -0.25) is 10.2 Å². The molecule has 0 unspecified atom stereocenters. The van der Waals surface area contributed by atoms with Crippen molar-refractivity contribution in [1.29, 1.82) is 0 Å². The van der Waals surface area contributed by atoms with Gasteiger partial charge in [0.15, 0.2) is 5.84 Å². The third-order valence-electron chi connectivity index (χ3n) is 2.50. The van der Waals surface area contributed by atoms with E-state index in [0.29, 0.717) is 5.56 Å². The number of amidine groups is 1. The van der Waals surface area contributed by atoms with Crippen LogP contribution < -0.4 is 17.1 Å². The lowest BCUT2D eigenvalue weighted by Crippen LogP contribution is -2.43. The molecule has 5 N–H and O–H groups in total. The summed E-state index contributed by atoms with van der Waals surface area (Å²) in [5, 5.41) is 3.44. The summed E-state index contributed by atoms with van der Waals surface area (Å²) in [5.41, 5.74) is 2.23. The third kappa shape index (κ3) is 1.69. The molecule has 1 amide bonds. The molecule has 96 valence electrons. The molecule has 0 aliphatic carbocycles. The fraction of sp³-hybridized carbons (Fsp3) is 0.111. The zero-order valence-corrected chi connectivity index (χ0v) is 10.0. The molecule has 0 spiro atoms. The molecular weight excluding hydrogens is 258 g/mol. The van der Waals surface area contributed by atoms with Gasteiger partial charge in [0.25, 0.3) is 15.9 Å². The first-order valence-electron chi connectivity index (χ1n) is 4.92. The maximum atomic E-state index is 12.2. The van der Waals surface area contributed by atoms with E-state index >= 15 is 0 Å².